The molecule has 2 atom stereocenters. The van der Waals surface area contributed by atoms with Gasteiger partial charge in [0, 0.05) is 10.6 Å². The van der Waals surface area contributed by atoms with Crippen LogP contribution in [0.5, 0.6) is 11.5 Å². The zero-order valence-electron chi connectivity index (χ0n) is 21.2. The number of aryl methyl sites for hydroxylation is 1. The Labute approximate surface area is 224 Å². The lowest BCUT2D eigenvalue weighted by atomic mass is 9.88. The Morgan fingerprint density at radius 2 is 1.38 bits per heavy atom. The molecule has 4 aromatic rings. The smallest absolute Gasteiger partial charge is 0.315 e. The van der Waals surface area contributed by atoms with Crippen LogP contribution in [0.4, 0.5) is 0 Å². The summed E-state index contributed by atoms with van der Waals surface area (Å²) in [7, 11) is 0. The van der Waals surface area contributed by atoms with Gasteiger partial charge in [-0.2, -0.15) is 5.26 Å². The number of hydrogen-bond acceptors (Lipinski definition) is 4. The van der Waals surface area contributed by atoms with Crippen LogP contribution in [0.3, 0.4) is 0 Å². The highest BCUT2D eigenvalue weighted by Gasteiger charge is 2.29. The van der Waals surface area contributed by atoms with Gasteiger partial charge >= 0.3 is 5.97 Å². The summed E-state index contributed by atoms with van der Waals surface area (Å²) in [5.41, 5.74) is 2.68. The van der Waals surface area contributed by atoms with E-state index in [0.717, 1.165) is 5.56 Å². The number of ether oxygens (including phenoxy) is 2. The molecule has 0 aromatic heterocycles. The van der Waals surface area contributed by atoms with Crippen molar-refractivity contribution < 1.29 is 14.3 Å². The quantitative estimate of drug-likeness (QED) is 0.233. The van der Waals surface area contributed by atoms with Crippen molar-refractivity contribution in [1.82, 2.24) is 0 Å². The van der Waals surface area contributed by atoms with Crippen molar-refractivity contribution in [3.8, 4) is 17.6 Å². The summed E-state index contributed by atoms with van der Waals surface area (Å²) in [6, 6.07) is 35.8. The number of carbonyl (C=O) groups is 1. The maximum absolute atomic E-state index is 13.0. The minimum absolute atomic E-state index is 0.00855. The molecule has 37 heavy (non-hydrogen) atoms. The molecule has 0 aliphatic heterocycles. The molecule has 188 valence electrons. The van der Waals surface area contributed by atoms with Crippen LogP contribution in [-0.2, 0) is 9.53 Å². The third-order valence-corrected chi connectivity index (χ3v) is 5.83. The highest BCUT2D eigenvalue weighted by Crippen LogP contribution is 2.31. The SMILES string of the molecule is CC(C)C(C(=O)OC(C#N)c1cccc(Oc2ccccc2)c1)c1ccc(Cl)cc1.Cc1ccccc1. The van der Waals surface area contributed by atoms with Gasteiger partial charge in [0.1, 0.15) is 17.6 Å². The summed E-state index contributed by atoms with van der Waals surface area (Å²) >= 11 is 5.96. The molecule has 0 saturated heterocycles. The van der Waals surface area contributed by atoms with Gasteiger partial charge < -0.3 is 9.47 Å². The number of hydrogen-bond donors (Lipinski definition) is 0. The van der Waals surface area contributed by atoms with Crippen molar-refractivity contribution in [3.63, 3.8) is 0 Å². The maximum atomic E-state index is 13.0. The van der Waals surface area contributed by atoms with E-state index in [-0.39, 0.29) is 5.92 Å². The molecule has 0 heterocycles. The molecule has 0 aliphatic carbocycles. The lowest BCUT2D eigenvalue weighted by Crippen LogP contribution is -2.22. The third kappa shape index (κ3) is 8.52. The second-order valence-corrected chi connectivity index (χ2v) is 9.30. The second kappa shape index (κ2) is 13.9. The second-order valence-electron chi connectivity index (χ2n) is 8.86. The van der Waals surface area contributed by atoms with Gasteiger partial charge in [-0.3, -0.25) is 4.79 Å². The average Bonchev–Trinajstić information content (AvgIpc) is 2.90. The summed E-state index contributed by atoms with van der Waals surface area (Å²) in [5, 5.41) is 10.2. The molecule has 4 nitrogen and oxygen atoms in total. The fourth-order valence-corrected chi connectivity index (χ4v) is 3.85. The minimum atomic E-state index is -1.04. The summed E-state index contributed by atoms with van der Waals surface area (Å²) in [5.74, 6) is 0.289. The number of nitrogens with zero attached hydrogens (tertiary/aromatic N) is 1. The molecule has 0 bridgehead atoms. The van der Waals surface area contributed by atoms with Crippen LogP contribution in [0.1, 0.15) is 42.6 Å². The number of carbonyl (C=O) groups excluding carboxylic acids is 1. The highest BCUT2D eigenvalue weighted by molar-refractivity contribution is 6.30. The van der Waals surface area contributed by atoms with Crippen LogP contribution in [-0.4, -0.2) is 5.97 Å². The molecule has 4 aromatic carbocycles. The van der Waals surface area contributed by atoms with Gasteiger partial charge in [0.15, 0.2) is 0 Å². The topological polar surface area (TPSA) is 59.3 Å². The van der Waals surface area contributed by atoms with Gasteiger partial charge in [-0.05, 0) is 54.8 Å². The average molecular weight is 512 g/mol. The monoisotopic (exact) mass is 511 g/mol. The summed E-state index contributed by atoms with van der Waals surface area (Å²) < 4.78 is 11.4. The maximum Gasteiger partial charge on any atom is 0.315 e. The van der Waals surface area contributed by atoms with E-state index < -0.39 is 18.0 Å². The van der Waals surface area contributed by atoms with Gasteiger partial charge in [0.2, 0.25) is 6.10 Å². The molecular weight excluding hydrogens is 482 g/mol. The summed E-state index contributed by atoms with van der Waals surface area (Å²) in [6.45, 7) is 5.96. The lowest BCUT2D eigenvalue weighted by Gasteiger charge is -2.22. The van der Waals surface area contributed by atoms with Crippen molar-refractivity contribution in [3.05, 3.63) is 131 Å². The third-order valence-electron chi connectivity index (χ3n) is 5.58. The molecule has 4 rings (SSSR count). The highest BCUT2D eigenvalue weighted by atomic mass is 35.5. The molecule has 0 radical (unpaired) electrons. The standard InChI is InChI=1S/C25H22ClNO3.C7H8/c1-17(2)24(18-11-13-20(26)14-12-18)25(28)30-23(16-27)19-7-6-10-22(15-19)29-21-8-4-3-5-9-21;1-7-5-3-2-4-6-7/h3-15,17,23-24H,1-2H3;2-6H,1H3. The fourth-order valence-electron chi connectivity index (χ4n) is 3.72. The Morgan fingerprint density at radius 1 is 0.784 bits per heavy atom. The van der Waals surface area contributed by atoms with Crippen molar-refractivity contribution in [1.29, 1.82) is 5.26 Å². The Morgan fingerprint density at radius 3 is 1.92 bits per heavy atom. The summed E-state index contributed by atoms with van der Waals surface area (Å²) in [4.78, 5) is 13.0. The normalized spacial score (nSPS) is 11.9. The first-order valence-electron chi connectivity index (χ1n) is 12.1. The number of para-hydroxylation sites is 1. The first-order chi connectivity index (χ1) is 17.9. The zero-order chi connectivity index (χ0) is 26.6. The molecule has 2 unspecified atom stereocenters. The van der Waals surface area contributed by atoms with Crippen LogP contribution in [0, 0.1) is 24.2 Å². The number of esters is 1. The molecule has 0 aliphatic rings. The van der Waals surface area contributed by atoms with Crippen molar-refractivity contribution in [2.45, 2.75) is 32.8 Å². The van der Waals surface area contributed by atoms with Crippen LogP contribution in [0.15, 0.2) is 109 Å². The Kier molecular flexibility index (Phi) is 10.3. The largest absolute Gasteiger partial charge is 0.457 e. The number of benzene rings is 4. The van der Waals surface area contributed by atoms with E-state index in [1.807, 2.05) is 74.5 Å². The van der Waals surface area contributed by atoms with Gasteiger partial charge in [-0.25, -0.2) is 0 Å². The molecule has 0 spiro atoms. The van der Waals surface area contributed by atoms with Crippen molar-refractivity contribution in [2.24, 2.45) is 5.92 Å². The van der Waals surface area contributed by atoms with E-state index >= 15 is 0 Å². The van der Waals surface area contributed by atoms with Crippen LogP contribution >= 0.6 is 11.6 Å². The minimum Gasteiger partial charge on any atom is -0.457 e. The molecule has 5 heteroatoms. The van der Waals surface area contributed by atoms with Crippen LogP contribution < -0.4 is 4.74 Å². The van der Waals surface area contributed by atoms with E-state index in [1.165, 1.54) is 5.56 Å². The Bertz CT molecular complexity index is 1300. The molecular formula is C32H30ClNO3. The first-order valence-corrected chi connectivity index (χ1v) is 12.4. The van der Waals surface area contributed by atoms with Crippen LogP contribution in [0.2, 0.25) is 5.02 Å². The molecule has 0 saturated carbocycles. The molecule has 0 N–H and O–H groups in total. The predicted octanol–water partition coefficient (Wildman–Crippen LogP) is 8.68. The fraction of sp³-hybridized carbons (Fsp3) is 0.188. The van der Waals surface area contributed by atoms with Gasteiger partial charge in [-0.1, -0.05) is 104 Å². The van der Waals surface area contributed by atoms with Gasteiger partial charge in [-0.15, -0.1) is 0 Å². The van der Waals surface area contributed by atoms with E-state index in [2.05, 4.69) is 25.1 Å². The first kappa shape index (κ1) is 27.5. The van der Waals surface area contributed by atoms with Crippen molar-refractivity contribution in [2.75, 3.05) is 0 Å². The van der Waals surface area contributed by atoms with E-state index in [4.69, 9.17) is 21.1 Å². The lowest BCUT2D eigenvalue weighted by molar-refractivity contribution is -0.150. The Balaban J connectivity index is 0.000000468. The van der Waals surface area contributed by atoms with Gasteiger partial charge in [0.05, 0.1) is 5.92 Å². The van der Waals surface area contributed by atoms with E-state index in [9.17, 15) is 10.1 Å². The van der Waals surface area contributed by atoms with Crippen molar-refractivity contribution >= 4 is 17.6 Å². The molecule has 0 amide bonds. The number of nitriles is 1. The predicted molar refractivity (Wildman–Crippen MR) is 148 cm³/mol. The number of halogens is 1. The summed E-state index contributed by atoms with van der Waals surface area (Å²) in [6.07, 6.45) is -1.04. The van der Waals surface area contributed by atoms with E-state index in [0.29, 0.717) is 22.1 Å². The van der Waals surface area contributed by atoms with Gasteiger partial charge in [0.25, 0.3) is 0 Å². The Hall–Kier alpha value is -4.07. The van der Waals surface area contributed by atoms with E-state index in [1.54, 1.807) is 36.4 Å². The zero-order valence-corrected chi connectivity index (χ0v) is 21.9. The van der Waals surface area contributed by atoms with Crippen LogP contribution in [0.25, 0.3) is 0 Å². The number of rotatable bonds is 7. The molecule has 0 fully saturated rings.